The molecular formula is C14H24N2S. The number of hydrogen-bond donors (Lipinski definition) is 1. The van der Waals surface area contributed by atoms with E-state index in [1.807, 2.05) is 11.3 Å². The Morgan fingerprint density at radius 3 is 2.82 bits per heavy atom. The van der Waals surface area contributed by atoms with E-state index in [0.29, 0.717) is 6.04 Å². The molecule has 1 saturated heterocycles. The second-order valence-corrected chi connectivity index (χ2v) is 7.22. The van der Waals surface area contributed by atoms with E-state index in [1.165, 1.54) is 22.7 Å². The maximum atomic E-state index is 3.57. The highest BCUT2D eigenvalue weighted by molar-refractivity contribution is 7.11. The van der Waals surface area contributed by atoms with Crippen LogP contribution in [0.25, 0.3) is 0 Å². The van der Waals surface area contributed by atoms with Crippen LogP contribution in [0.1, 0.15) is 30.5 Å². The summed E-state index contributed by atoms with van der Waals surface area (Å²) in [5.41, 5.74) is 0.262. The Labute approximate surface area is 109 Å². The van der Waals surface area contributed by atoms with Gasteiger partial charge in [0, 0.05) is 41.0 Å². The zero-order chi connectivity index (χ0) is 12.5. The van der Waals surface area contributed by atoms with Crippen molar-refractivity contribution < 1.29 is 0 Å². The minimum atomic E-state index is 0.262. The van der Waals surface area contributed by atoms with Gasteiger partial charge in [-0.2, -0.15) is 0 Å². The fourth-order valence-corrected chi connectivity index (χ4v) is 3.58. The monoisotopic (exact) mass is 252 g/mol. The fraction of sp³-hybridized carbons (Fsp3) is 0.714. The van der Waals surface area contributed by atoms with E-state index in [9.17, 15) is 0 Å². The SMILES string of the molecule is Cc1ccc(CC(C)N2CCNC(C)(C)C2)s1. The number of piperazine rings is 1. The van der Waals surface area contributed by atoms with Gasteiger partial charge in [0.2, 0.25) is 0 Å². The third-order valence-corrected chi connectivity index (χ3v) is 4.54. The van der Waals surface area contributed by atoms with Crippen LogP contribution >= 0.6 is 11.3 Å². The highest BCUT2D eigenvalue weighted by atomic mass is 32.1. The van der Waals surface area contributed by atoms with Gasteiger partial charge in [-0.1, -0.05) is 0 Å². The Morgan fingerprint density at radius 1 is 1.47 bits per heavy atom. The van der Waals surface area contributed by atoms with Gasteiger partial charge in [-0.05, 0) is 46.2 Å². The van der Waals surface area contributed by atoms with E-state index in [4.69, 9.17) is 0 Å². The minimum absolute atomic E-state index is 0.262. The molecule has 1 aromatic rings. The number of nitrogens with zero attached hydrogens (tertiary/aromatic N) is 1. The van der Waals surface area contributed by atoms with Crippen molar-refractivity contribution in [2.24, 2.45) is 0 Å². The summed E-state index contributed by atoms with van der Waals surface area (Å²) >= 11 is 1.94. The van der Waals surface area contributed by atoms with E-state index in [0.717, 1.165) is 13.1 Å². The largest absolute Gasteiger partial charge is 0.309 e. The highest BCUT2D eigenvalue weighted by Crippen LogP contribution is 2.20. The molecule has 0 aliphatic carbocycles. The number of nitrogens with one attached hydrogen (secondary N) is 1. The molecule has 1 atom stereocenters. The summed E-state index contributed by atoms with van der Waals surface area (Å²) in [6.07, 6.45) is 1.19. The smallest absolute Gasteiger partial charge is 0.0252 e. The van der Waals surface area contributed by atoms with Gasteiger partial charge in [0.1, 0.15) is 0 Å². The predicted octanol–water partition coefficient (Wildman–Crippen LogP) is 2.67. The van der Waals surface area contributed by atoms with Crippen molar-refractivity contribution in [3.63, 3.8) is 0 Å². The Bertz CT molecular complexity index is 370. The first-order valence-corrected chi connectivity index (χ1v) is 7.32. The summed E-state index contributed by atoms with van der Waals surface area (Å²) in [5.74, 6) is 0. The third kappa shape index (κ3) is 3.54. The Hall–Kier alpha value is -0.380. The molecular weight excluding hydrogens is 228 g/mol. The number of thiophene rings is 1. The molecule has 3 heteroatoms. The lowest BCUT2D eigenvalue weighted by molar-refractivity contribution is 0.117. The lowest BCUT2D eigenvalue weighted by Gasteiger charge is -2.42. The molecule has 1 aliphatic rings. The van der Waals surface area contributed by atoms with E-state index < -0.39 is 0 Å². The van der Waals surface area contributed by atoms with Gasteiger partial charge in [0.05, 0.1) is 0 Å². The first-order chi connectivity index (χ1) is 7.96. The lowest BCUT2D eigenvalue weighted by Crippen LogP contribution is -2.59. The molecule has 2 nitrogen and oxygen atoms in total. The van der Waals surface area contributed by atoms with Crippen molar-refractivity contribution in [2.45, 2.75) is 45.7 Å². The predicted molar refractivity (Wildman–Crippen MR) is 75.9 cm³/mol. The van der Waals surface area contributed by atoms with Crippen LogP contribution in [0, 0.1) is 6.92 Å². The molecule has 0 bridgehead atoms. The number of hydrogen-bond acceptors (Lipinski definition) is 3. The second kappa shape index (κ2) is 5.09. The van der Waals surface area contributed by atoms with Crippen molar-refractivity contribution in [1.82, 2.24) is 10.2 Å². The second-order valence-electron chi connectivity index (χ2n) is 5.85. The lowest BCUT2D eigenvalue weighted by atomic mass is 10.00. The summed E-state index contributed by atoms with van der Waals surface area (Å²) in [4.78, 5) is 5.56. The van der Waals surface area contributed by atoms with Gasteiger partial charge in [-0.3, -0.25) is 4.90 Å². The molecule has 17 heavy (non-hydrogen) atoms. The molecule has 96 valence electrons. The van der Waals surface area contributed by atoms with Crippen LogP contribution in [0.2, 0.25) is 0 Å². The summed E-state index contributed by atoms with van der Waals surface area (Å²) in [6, 6.07) is 5.16. The van der Waals surface area contributed by atoms with Gasteiger partial charge in [0.25, 0.3) is 0 Å². The molecule has 0 saturated carbocycles. The molecule has 2 heterocycles. The van der Waals surface area contributed by atoms with Gasteiger partial charge in [-0.15, -0.1) is 11.3 Å². The molecule has 0 spiro atoms. The highest BCUT2D eigenvalue weighted by Gasteiger charge is 2.28. The van der Waals surface area contributed by atoms with Crippen LogP contribution < -0.4 is 5.32 Å². The van der Waals surface area contributed by atoms with Crippen LogP contribution in [-0.2, 0) is 6.42 Å². The Kier molecular flexibility index (Phi) is 3.91. The molecule has 1 N–H and O–H groups in total. The van der Waals surface area contributed by atoms with Crippen LogP contribution in [0.4, 0.5) is 0 Å². The van der Waals surface area contributed by atoms with Crippen molar-refractivity contribution in [1.29, 1.82) is 0 Å². The Morgan fingerprint density at radius 2 is 2.24 bits per heavy atom. The average molecular weight is 252 g/mol. The van der Waals surface area contributed by atoms with Crippen molar-refractivity contribution >= 4 is 11.3 Å². The van der Waals surface area contributed by atoms with E-state index in [1.54, 1.807) is 0 Å². The van der Waals surface area contributed by atoms with E-state index >= 15 is 0 Å². The Balaban J connectivity index is 1.93. The van der Waals surface area contributed by atoms with Crippen molar-refractivity contribution in [2.75, 3.05) is 19.6 Å². The van der Waals surface area contributed by atoms with Crippen LogP contribution in [-0.4, -0.2) is 36.1 Å². The molecule has 0 aromatic carbocycles. The number of aryl methyl sites for hydroxylation is 1. The summed E-state index contributed by atoms with van der Waals surface area (Å²) in [6.45, 7) is 12.6. The van der Waals surface area contributed by atoms with Gasteiger partial charge in [-0.25, -0.2) is 0 Å². The third-order valence-electron chi connectivity index (χ3n) is 3.52. The first kappa shape index (κ1) is 13.1. The maximum Gasteiger partial charge on any atom is 0.0252 e. The van der Waals surface area contributed by atoms with Gasteiger partial charge in [0.15, 0.2) is 0 Å². The summed E-state index contributed by atoms with van der Waals surface area (Å²) in [5, 5.41) is 3.57. The molecule has 1 aliphatic heterocycles. The van der Waals surface area contributed by atoms with Crippen LogP contribution in [0.5, 0.6) is 0 Å². The molecule has 2 rings (SSSR count). The molecule has 0 amide bonds. The molecule has 1 fully saturated rings. The van der Waals surface area contributed by atoms with Crippen LogP contribution in [0.15, 0.2) is 12.1 Å². The topological polar surface area (TPSA) is 15.3 Å². The maximum absolute atomic E-state index is 3.57. The average Bonchev–Trinajstić information content (AvgIpc) is 2.62. The standard InChI is InChI=1S/C14H24N2S/c1-11(9-13-6-5-12(2)17-13)16-8-7-15-14(3,4)10-16/h5-6,11,15H,7-10H2,1-4H3. The quantitative estimate of drug-likeness (QED) is 0.890. The molecule has 0 radical (unpaired) electrons. The fourth-order valence-electron chi connectivity index (χ4n) is 2.57. The zero-order valence-electron chi connectivity index (χ0n) is 11.4. The normalized spacial score (nSPS) is 22.6. The molecule has 1 unspecified atom stereocenters. The minimum Gasteiger partial charge on any atom is -0.309 e. The van der Waals surface area contributed by atoms with Gasteiger partial charge < -0.3 is 5.32 Å². The summed E-state index contributed by atoms with van der Waals surface area (Å²) < 4.78 is 0. The van der Waals surface area contributed by atoms with Gasteiger partial charge >= 0.3 is 0 Å². The number of rotatable bonds is 3. The van der Waals surface area contributed by atoms with Crippen molar-refractivity contribution in [3.05, 3.63) is 21.9 Å². The summed E-state index contributed by atoms with van der Waals surface area (Å²) in [7, 11) is 0. The first-order valence-electron chi connectivity index (χ1n) is 6.51. The zero-order valence-corrected chi connectivity index (χ0v) is 12.2. The van der Waals surface area contributed by atoms with Crippen LogP contribution in [0.3, 0.4) is 0 Å². The molecule has 1 aromatic heterocycles. The van der Waals surface area contributed by atoms with E-state index in [-0.39, 0.29) is 5.54 Å². The van der Waals surface area contributed by atoms with E-state index in [2.05, 4.69) is 50.0 Å². The van der Waals surface area contributed by atoms with Crippen molar-refractivity contribution in [3.8, 4) is 0 Å².